The second-order valence-corrected chi connectivity index (χ2v) is 6.98. The summed E-state index contributed by atoms with van der Waals surface area (Å²) in [6, 6.07) is 16.4. The molecule has 3 rings (SSSR count). The quantitative estimate of drug-likeness (QED) is 0.568. The van der Waals surface area contributed by atoms with Crippen molar-refractivity contribution in [3.8, 4) is 17.2 Å². The summed E-state index contributed by atoms with van der Waals surface area (Å²) in [5, 5.41) is 11.0. The van der Waals surface area contributed by atoms with Crippen LogP contribution in [0.1, 0.15) is 0 Å². The molecule has 1 heterocycles. The van der Waals surface area contributed by atoms with E-state index in [0.29, 0.717) is 22.6 Å². The molecule has 9 heteroatoms. The molecule has 0 unspecified atom stereocenters. The molecule has 1 N–H and O–H groups in total. The number of hydrogen-bond donors (Lipinski definition) is 1. The Labute approximate surface area is 172 Å². The Hall–Kier alpha value is -3.33. The normalized spacial score (nSPS) is 10.4. The van der Waals surface area contributed by atoms with Gasteiger partial charge in [-0.15, -0.1) is 10.2 Å². The standard InChI is InChI=1S/C20H20N4O4S/c1-24(12-17(25)21-15-9-6-10-16(11-15)27-2)18(26)13-29-20-23-22-19(28-20)14-7-4-3-5-8-14/h3-11H,12-13H2,1-2H3,(H,21,25). The molecule has 0 saturated heterocycles. The first kappa shape index (κ1) is 20.4. The first-order chi connectivity index (χ1) is 14.0. The zero-order chi connectivity index (χ0) is 20.6. The third-order valence-corrected chi connectivity index (χ3v) is 4.71. The third-order valence-electron chi connectivity index (χ3n) is 3.91. The average Bonchev–Trinajstić information content (AvgIpc) is 3.21. The number of rotatable bonds is 8. The highest BCUT2D eigenvalue weighted by Crippen LogP contribution is 2.23. The third kappa shape index (κ3) is 5.82. The molecular weight excluding hydrogens is 392 g/mol. The molecule has 0 atom stereocenters. The molecule has 0 aliphatic carbocycles. The molecule has 1 aromatic heterocycles. The molecule has 2 amide bonds. The van der Waals surface area contributed by atoms with E-state index in [2.05, 4.69) is 15.5 Å². The van der Waals surface area contributed by atoms with Gasteiger partial charge in [-0.1, -0.05) is 36.0 Å². The fourth-order valence-electron chi connectivity index (χ4n) is 2.40. The van der Waals surface area contributed by atoms with Gasteiger partial charge in [-0.2, -0.15) is 0 Å². The van der Waals surface area contributed by atoms with Crippen LogP contribution in [0.25, 0.3) is 11.5 Å². The summed E-state index contributed by atoms with van der Waals surface area (Å²) in [6.45, 7) is -0.0737. The second-order valence-electron chi connectivity index (χ2n) is 6.06. The largest absolute Gasteiger partial charge is 0.497 e. The van der Waals surface area contributed by atoms with Crippen LogP contribution < -0.4 is 10.1 Å². The lowest BCUT2D eigenvalue weighted by Crippen LogP contribution is -2.35. The number of aromatic nitrogens is 2. The van der Waals surface area contributed by atoms with Crippen molar-refractivity contribution in [2.24, 2.45) is 0 Å². The average molecular weight is 412 g/mol. The highest BCUT2D eigenvalue weighted by molar-refractivity contribution is 7.99. The first-order valence-electron chi connectivity index (χ1n) is 8.75. The smallest absolute Gasteiger partial charge is 0.277 e. The number of benzene rings is 2. The second kappa shape index (κ2) is 9.74. The molecule has 2 aromatic carbocycles. The fourth-order valence-corrected chi connectivity index (χ4v) is 3.11. The number of carbonyl (C=O) groups is 2. The van der Waals surface area contributed by atoms with Crippen LogP contribution in [0.15, 0.2) is 64.2 Å². The van der Waals surface area contributed by atoms with E-state index in [0.717, 1.165) is 17.3 Å². The summed E-state index contributed by atoms with van der Waals surface area (Å²) in [5.41, 5.74) is 1.41. The molecule has 0 radical (unpaired) electrons. The number of amides is 2. The zero-order valence-electron chi connectivity index (χ0n) is 16.0. The van der Waals surface area contributed by atoms with Gasteiger partial charge >= 0.3 is 0 Å². The molecular formula is C20H20N4O4S. The van der Waals surface area contributed by atoms with Crippen molar-refractivity contribution < 1.29 is 18.7 Å². The van der Waals surface area contributed by atoms with Gasteiger partial charge in [-0.25, -0.2) is 0 Å². The van der Waals surface area contributed by atoms with Gasteiger partial charge in [0.05, 0.1) is 19.4 Å². The number of ether oxygens (including phenoxy) is 1. The molecule has 0 fully saturated rings. The number of likely N-dealkylation sites (N-methyl/N-ethyl adjacent to an activating group) is 1. The minimum Gasteiger partial charge on any atom is -0.497 e. The van der Waals surface area contributed by atoms with Gasteiger partial charge in [-0.3, -0.25) is 9.59 Å². The van der Waals surface area contributed by atoms with Crippen molar-refractivity contribution in [3.05, 3.63) is 54.6 Å². The van der Waals surface area contributed by atoms with E-state index in [9.17, 15) is 9.59 Å². The van der Waals surface area contributed by atoms with Crippen molar-refractivity contribution in [1.29, 1.82) is 0 Å². The van der Waals surface area contributed by atoms with Crippen LogP contribution in [-0.4, -0.2) is 53.4 Å². The first-order valence-corrected chi connectivity index (χ1v) is 9.73. The van der Waals surface area contributed by atoms with Crippen LogP contribution in [-0.2, 0) is 9.59 Å². The van der Waals surface area contributed by atoms with Crippen molar-refractivity contribution in [1.82, 2.24) is 15.1 Å². The summed E-state index contributed by atoms with van der Waals surface area (Å²) in [5.74, 6) is 0.586. The maximum absolute atomic E-state index is 12.3. The van der Waals surface area contributed by atoms with Crippen LogP contribution in [0.5, 0.6) is 5.75 Å². The lowest BCUT2D eigenvalue weighted by atomic mass is 10.2. The fraction of sp³-hybridized carbons (Fsp3) is 0.200. The van der Waals surface area contributed by atoms with Crippen molar-refractivity contribution in [3.63, 3.8) is 0 Å². The predicted molar refractivity (Wildman–Crippen MR) is 110 cm³/mol. The Balaban J connectivity index is 1.48. The number of carbonyl (C=O) groups excluding carboxylic acids is 2. The lowest BCUT2D eigenvalue weighted by molar-refractivity contribution is -0.131. The van der Waals surface area contributed by atoms with E-state index in [1.807, 2.05) is 30.3 Å². The minimum absolute atomic E-state index is 0.0737. The van der Waals surface area contributed by atoms with Crippen LogP contribution in [0.4, 0.5) is 5.69 Å². The van der Waals surface area contributed by atoms with Gasteiger partial charge in [0.15, 0.2) is 0 Å². The number of anilines is 1. The van der Waals surface area contributed by atoms with Crippen LogP contribution >= 0.6 is 11.8 Å². The molecule has 0 aliphatic rings. The van der Waals surface area contributed by atoms with E-state index >= 15 is 0 Å². The Morgan fingerprint density at radius 3 is 2.69 bits per heavy atom. The molecule has 0 saturated carbocycles. The molecule has 150 valence electrons. The maximum Gasteiger partial charge on any atom is 0.277 e. The van der Waals surface area contributed by atoms with Gasteiger partial charge in [0.25, 0.3) is 5.22 Å². The number of nitrogens with one attached hydrogen (secondary N) is 1. The minimum atomic E-state index is -0.303. The Morgan fingerprint density at radius 2 is 1.93 bits per heavy atom. The van der Waals surface area contributed by atoms with Crippen LogP contribution in [0.2, 0.25) is 0 Å². The summed E-state index contributed by atoms with van der Waals surface area (Å²) in [7, 11) is 3.12. The van der Waals surface area contributed by atoms with Gasteiger partial charge in [0.2, 0.25) is 17.7 Å². The Kier molecular flexibility index (Phi) is 6.85. The van der Waals surface area contributed by atoms with Crippen molar-refractivity contribution >= 4 is 29.3 Å². The lowest BCUT2D eigenvalue weighted by Gasteiger charge is -2.16. The van der Waals surface area contributed by atoms with Gasteiger partial charge in [-0.05, 0) is 24.3 Å². The molecule has 0 bridgehead atoms. The topological polar surface area (TPSA) is 97.6 Å². The van der Waals surface area contributed by atoms with Gasteiger partial charge in [0.1, 0.15) is 5.75 Å². The van der Waals surface area contributed by atoms with E-state index in [-0.39, 0.29) is 24.1 Å². The monoisotopic (exact) mass is 412 g/mol. The summed E-state index contributed by atoms with van der Waals surface area (Å²) in [4.78, 5) is 25.8. The summed E-state index contributed by atoms with van der Waals surface area (Å²) >= 11 is 1.13. The Morgan fingerprint density at radius 1 is 1.14 bits per heavy atom. The van der Waals surface area contributed by atoms with Gasteiger partial charge < -0.3 is 19.4 Å². The van der Waals surface area contributed by atoms with E-state index in [1.54, 1.807) is 38.4 Å². The van der Waals surface area contributed by atoms with Gasteiger partial charge in [0, 0.05) is 24.4 Å². The van der Waals surface area contributed by atoms with Crippen LogP contribution in [0.3, 0.4) is 0 Å². The predicted octanol–water partition coefficient (Wildman–Crippen LogP) is 2.93. The van der Waals surface area contributed by atoms with Crippen molar-refractivity contribution in [2.45, 2.75) is 5.22 Å². The van der Waals surface area contributed by atoms with E-state index < -0.39 is 0 Å². The summed E-state index contributed by atoms with van der Waals surface area (Å²) in [6.07, 6.45) is 0. The van der Waals surface area contributed by atoms with Crippen LogP contribution in [0, 0.1) is 0 Å². The van der Waals surface area contributed by atoms with Crippen molar-refractivity contribution in [2.75, 3.05) is 31.8 Å². The maximum atomic E-state index is 12.3. The number of methoxy groups -OCH3 is 1. The molecule has 0 aliphatic heterocycles. The molecule has 3 aromatic rings. The summed E-state index contributed by atoms with van der Waals surface area (Å²) < 4.78 is 10.7. The molecule has 0 spiro atoms. The number of hydrogen-bond acceptors (Lipinski definition) is 7. The SMILES string of the molecule is COc1cccc(NC(=O)CN(C)C(=O)CSc2nnc(-c3ccccc3)o2)c1. The number of thioether (sulfide) groups is 1. The molecule has 29 heavy (non-hydrogen) atoms. The highest BCUT2D eigenvalue weighted by Gasteiger charge is 2.16. The Bertz CT molecular complexity index is 977. The van der Waals surface area contributed by atoms with E-state index in [1.165, 1.54) is 4.90 Å². The molecule has 8 nitrogen and oxygen atoms in total. The highest BCUT2D eigenvalue weighted by atomic mass is 32.2. The number of nitrogens with zero attached hydrogens (tertiary/aromatic N) is 3. The van der Waals surface area contributed by atoms with E-state index in [4.69, 9.17) is 9.15 Å². The zero-order valence-corrected chi connectivity index (χ0v) is 16.8.